The second kappa shape index (κ2) is 7.04. The molecule has 0 spiro atoms. The highest BCUT2D eigenvalue weighted by Crippen LogP contribution is 2.02. The number of hydrogen-bond donors (Lipinski definition) is 0. The number of aryl methyl sites for hydroxylation is 1. The van der Waals surface area contributed by atoms with Crippen LogP contribution in [-0.2, 0) is 16.0 Å². The van der Waals surface area contributed by atoms with E-state index in [-0.39, 0.29) is 5.97 Å². The summed E-state index contributed by atoms with van der Waals surface area (Å²) >= 11 is 0. The fourth-order valence-corrected chi connectivity index (χ4v) is 1.38. The fraction of sp³-hybridized carbons (Fsp3) is 0.462. The number of benzene rings is 1. The van der Waals surface area contributed by atoms with E-state index in [0.717, 1.165) is 19.3 Å². The van der Waals surface area contributed by atoms with E-state index in [9.17, 15) is 4.79 Å². The molecule has 0 unspecified atom stereocenters. The SMILES string of the molecule is CCCC(=O)OCCCc1ccccc1. The average Bonchev–Trinajstić information content (AvgIpc) is 2.26. The van der Waals surface area contributed by atoms with Gasteiger partial charge in [-0.05, 0) is 24.8 Å². The third kappa shape index (κ3) is 5.21. The summed E-state index contributed by atoms with van der Waals surface area (Å²) in [7, 11) is 0. The van der Waals surface area contributed by atoms with Gasteiger partial charge in [0.25, 0.3) is 0 Å². The summed E-state index contributed by atoms with van der Waals surface area (Å²) in [6.07, 6.45) is 3.27. The Bertz CT molecular complexity index is 280. The van der Waals surface area contributed by atoms with E-state index in [0.29, 0.717) is 13.0 Å². The quantitative estimate of drug-likeness (QED) is 0.528. The summed E-state index contributed by atoms with van der Waals surface area (Å²) < 4.78 is 5.07. The summed E-state index contributed by atoms with van der Waals surface area (Å²) in [5, 5.41) is 0. The molecule has 0 aliphatic rings. The van der Waals surface area contributed by atoms with Crippen molar-refractivity contribution < 1.29 is 9.53 Å². The molecule has 0 N–H and O–H groups in total. The number of hydrogen-bond acceptors (Lipinski definition) is 2. The standard InChI is InChI=1S/C13H18O2/c1-2-7-13(14)15-11-6-10-12-8-4-3-5-9-12/h3-5,8-9H,2,6-7,10-11H2,1H3. The molecule has 0 radical (unpaired) electrons. The topological polar surface area (TPSA) is 26.3 Å². The van der Waals surface area contributed by atoms with Crippen molar-refractivity contribution >= 4 is 5.97 Å². The molecule has 0 aromatic heterocycles. The zero-order valence-corrected chi connectivity index (χ0v) is 9.24. The zero-order chi connectivity index (χ0) is 10.9. The largest absolute Gasteiger partial charge is 0.466 e. The van der Waals surface area contributed by atoms with Crippen LogP contribution in [-0.4, -0.2) is 12.6 Å². The van der Waals surface area contributed by atoms with Crippen molar-refractivity contribution in [3.63, 3.8) is 0 Å². The maximum absolute atomic E-state index is 11.0. The van der Waals surface area contributed by atoms with Crippen LogP contribution in [0.25, 0.3) is 0 Å². The van der Waals surface area contributed by atoms with Gasteiger partial charge in [-0.15, -0.1) is 0 Å². The van der Waals surface area contributed by atoms with Crippen LogP contribution in [0, 0.1) is 0 Å². The third-order valence-corrected chi connectivity index (χ3v) is 2.17. The highest BCUT2D eigenvalue weighted by Gasteiger charge is 1.99. The van der Waals surface area contributed by atoms with E-state index in [2.05, 4.69) is 12.1 Å². The molecule has 15 heavy (non-hydrogen) atoms. The van der Waals surface area contributed by atoms with E-state index >= 15 is 0 Å². The van der Waals surface area contributed by atoms with Crippen LogP contribution in [0.15, 0.2) is 30.3 Å². The Kier molecular flexibility index (Phi) is 5.52. The maximum Gasteiger partial charge on any atom is 0.305 e. The van der Waals surface area contributed by atoms with Gasteiger partial charge in [-0.1, -0.05) is 37.3 Å². The van der Waals surface area contributed by atoms with Crippen LogP contribution in [0.2, 0.25) is 0 Å². The lowest BCUT2D eigenvalue weighted by Crippen LogP contribution is -2.05. The molecule has 2 nitrogen and oxygen atoms in total. The van der Waals surface area contributed by atoms with Gasteiger partial charge in [0, 0.05) is 6.42 Å². The van der Waals surface area contributed by atoms with Gasteiger partial charge in [-0.25, -0.2) is 0 Å². The van der Waals surface area contributed by atoms with Crippen molar-refractivity contribution in [3.8, 4) is 0 Å². The van der Waals surface area contributed by atoms with Crippen LogP contribution in [0.3, 0.4) is 0 Å². The third-order valence-electron chi connectivity index (χ3n) is 2.17. The molecule has 2 heteroatoms. The van der Waals surface area contributed by atoms with Crippen molar-refractivity contribution in [2.75, 3.05) is 6.61 Å². The smallest absolute Gasteiger partial charge is 0.305 e. The van der Waals surface area contributed by atoms with E-state index in [1.165, 1.54) is 5.56 Å². The summed E-state index contributed by atoms with van der Waals surface area (Å²) in [5.41, 5.74) is 1.30. The van der Waals surface area contributed by atoms with Crippen molar-refractivity contribution in [3.05, 3.63) is 35.9 Å². The molecule has 1 aromatic rings. The normalized spacial score (nSPS) is 9.93. The van der Waals surface area contributed by atoms with Gasteiger partial charge in [0.1, 0.15) is 0 Å². The Morgan fingerprint density at radius 1 is 1.27 bits per heavy atom. The second-order valence-corrected chi connectivity index (χ2v) is 3.56. The van der Waals surface area contributed by atoms with E-state index in [4.69, 9.17) is 4.74 Å². The van der Waals surface area contributed by atoms with Gasteiger partial charge >= 0.3 is 5.97 Å². The van der Waals surface area contributed by atoms with E-state index in [1.54, 1.807) is 0 Å². The first kappa shape index (κ1) is 11.8. The van der Waals surface area contributed by atoms with Crippen molar-refractivity contribution in [1.29, 1.82) is 0 Å². The number of carbonyl (C=O) groups excluding carboxylic acids is 1. The first-order valence-corrected chi connectivity index (χ1v) is 5.52. The molecule has 0 heterocycles. The summed E-state index contributed by atoms with van der Waals surface area (Å²) in [4.78, 5) is 11.0. The number of carbonyl (C=O) groups is 1. The molecule has 0 amide bonds. The number of esters is 1. The second-order valence-electron chi connectivity index (χ2n) is 3.56. The van der Waals surface area contributed by atoms with Crippen LogP contribution < -0.4 is 0 Å². The van der Waals surface area contributed by atoms with Crippen LogP contribution in [0.5, 0.6) is 0 Å². The van der Waals surface area contributed by atoms with Gasteiger partial charge in [-0.2, -0.15) is 0 Å². The lowest BCUT2D eigenvalue weighted by atomic mass is 10.1. The van der Waals surface area contributed by atoms with Crippen LogP contribution in [0.4, 0.5) is 0 Å². The predicted octanol–water partition coefficient (Wildman–Crippen LogP) is 2.96. The van der Waals surface area contributed by atoms with Gasteiger partial charge in [0.15, 0.2) is 0 Å². The minimum absolute atomic E-state index is 0.0782. The summed E-state index contributed by atoms with van der Waals surface area (Å²) in [6, 6.07) is 10.2. The van der Waals surface area contributed by atoms with Gasteiger partial charge in [-0.3, -0.25) is 4.79 Å². The highest BCUT2D eigenvalue weighted by atomic mass is 16.5. The summed E-state index contributed by atoms with van der Waals surface area (Å²) in [5.74, 6) is -0.0782. The molecule has 0 aliphatic heterocycles. The van der Waals surface area contributed by atoms with Gasteiger partial charge in [0.05, 0.1) is 6.61 Å². The van der Waals surface area contributed by atoms with Gasteiger partial charge in [0.2, 0.25) is 0 Å². The minimum atomic E-state index is -0.0782. The zero-order valence-electron chi connectivity index (χ0n) is 9.24. The van der Waals surface area contributed by atoms with Crippen LogP contribution in [0.1, 0.15) is 31.7 Å². The summed E-state index contributed by atoms with van der Waals surface area (Å²) in [6.45, 7) is 2.51. The Balaban J connectivity index is 2.10. The molecule has 0 atom stereocenters. The predicted molar refractivity (Wildman–Crippen MR) is 60.6 cm³/mol. The molecule has 0 saturated carbocycles. The first-order chi connectivity index (χ1) is 7.33. The number of ether oxygens (including phenoxy) is 1. The van der Waals surface area contributed by atoms with Crippen LogP contribution >= 0.6 is 0 Å². The van der Waals surface area contributed by atoms with E-state index < -0.39 is 0 Å². The number of rotatable bonds is 6. The minimum Gasteiger partial charge on any atom is -0.466 e. The maximum atomic E-state index is 11.0. The molecule has 0 saturated heterocycles. The molecule has 0 bridgehead atoms. The molecule has 0 fully saturated rings. The molecule has 1 aromatic carbocycles. The monoisotopic (exact) mass is 206 g/mol. The molecule has 0 aliphatic carbocycles. The molecule has 1 rings (SSSR count). The van der Waals surface area contributed by atoms with Crippen molar-refractivity contribution in [2.45, 2.75) is 32.6 Å². The van der Waals surface area contributed by atoms with Crippen molar-refractivity contribution in [2.24, 2.45) is 0 Å². The average molecular weight is 206 g/mol. The molecular weight excluding hydrogens is 188 g/mol. The Hall–Kier alpha value is -1.31. The van der Waals surface area contributed by atoms with Gasteiger partial charge < -0.3 is 4.74 Å². The van der Waals surface area contributed by atoms with Crippen molar-refractivity contribution in [1.82, 2.24) is 0 Å². The lowest BCUT2D eigenvalue weighted by Gasteiger charge is -2.03. The molecule has 82 valence electrons. The Morgan fingerprint density at radius 2 is 2.00 bits per heavy atom. The lowest BCUT2D eigenvalue weighted by molar-refractivity contribution is -0.143. The fourth-order valence-electron chi connectivity index (χ4n) is 1.38. The Labute approximate surface area is 91.3 Å². The molecular formula is C13H18O2. The Morgan fingerprint density at radius 3 is 2.67 bits per heavy atom. The highest BCUT2D eigenvalue weighted by molar-refractivity contribution is 5.69. The first-order valence-electron chi connectivity index (χ1n) is 5.52. The van der Waals surface area contributed by atoms with E-state index in [1.807, 2.05) is 25.1 Å².